The van der Waals surface area contributed by atoms with Crippen LogP contribution in [0.15, 0.2) is 0 Å². The molecular weight excluding hydrogens is 242 g/mol. The fraction of sp³-hybridized carbons (Fsp3) is 0.929. The molecule has 5 heteroatoms. The summed E-state index contributed by atoms with van der Waals surface area (Å²) in [5.41, 5.74) is 5.11. The maximum Gasteiger partial charge on any atom is 0.238 e. The summed E-state index contributed by atoms with van der Waals surface area (Å²) in [5, 5.41) is 3.18. The summed E-state index contributed by atoms with van der Waals surface area (Å²) in [6.07, 6.45) is 4.25. The first-order chi connectivity index (χ1) is 8.96. The largest absolute Gasteiger partial charge is 0.380 e. The molecule has 5 nitrogen and oxygen atoms in total. The molecule has 0 aliphatic heterocycles. The van der Waals surface area contributed by atoms with E-state index in [0.29, 0.717) is 5.92 Å². The number of carbonyl (C=O) groups excluding carboxylic acids is 1. The van der Waals surface area contributed by atoms with E-state index in [1.807, 2.05) is 7.05 Å². The van der Waals surface area contributed by atoms with E-state index in [2.05, 4.69) is 24.2 Å². The van der Waals surface area contributed by atoms with Crippen molar-refractivity contribution in [3.8, 4) is 0 Å². The molecule has 1 aliphatic carbocycles. The lowest BCUT2D eigenvalue weighted by Crippen LogP contribution is -2.56. The van der Waals surface area contributed by atoms with Crippen LogP contribution < -0.4 is 11.1 Å². The highest BCUT2D eigenvalue weighted by Crippen LogP contribution is 2.37. The Kier molecular flexibility index (Phi) is 6.23. The van der Waals surface area contributed by atoms with Crippen molar-refractivity contribution in [2.45, 2.75) is 44.2 Å². The van der Waals surface area contributed by atoms with Gasteiger partial charge in [-0.25, -0.2) is 0 Å². The van der Waals surface area contributed by atoms with Crippen molar-refractivity contribution in [1.29, 1.82) is 0 Å². The molecule has 1 fully saturated rings. The molecule has 0 bridgehead atoms. The predicted octanol–water partition coefficient (Wildman–Crippen LogP) is 0.587. The van der Waals surface area contributed by atoms with E-state index in [-0.39, 0.29) is 12.0 Å². The molecule has 19 heavy (non-hydrogen) atoms. The second-order valence-corrected chi connectivity index (χ2v) is 5.77. The van der Waals surface area contributed by atoms with E-state index in [1.165, 1.54) is 0 Å². The number of amides is 1. The van der Waals surface area contributed by atoms with Crippen LogP contribution >= 0.6 is 0 Å². The van der Waals surface area contributed by atoms with Crippen LogP contribution in [0.3, 0.4) is 0 Å². The lowest BCUT2D eigenvalue weighted by atomic mass is 9.84. The monoisotopic (exact) mass is 271 g/mol. The maximum absolute atomic E-state index is 11.8. The number of primary amides is 1. The van der Waals surface area contributed by atoms with Gasteiger partial charge in [-0.15, -0.1) is 0 Å². The Balaban J connectivity index is 2.49. The van der Waals surface area contributed by atoms with Gasteiger partial charge in [-0.2, -0.15) is 0 Å². The molecule has 0 radical (unpaired) electrons. The average Bonchev–Trinajstić information content (AvgIpc) is 2.80. The Morgan fingerprint density at radius 2 is 2.32 bits per heavy atom. The van der Waals surface area contributed by atoms with Crippen molar-refractivity contribution >= 4 is 5.91 Å². The molecule has 1 aliphatic rings. The number of nitrogens with one attached hydrogen (secondary N) is 1. The third-order valence-electron chi connectivity index (χ3n) is 4.54. The third kappa shape index (κ3) is 3.91. The first kappa shape index (κ1) is 16.4. The Morgan fingerprint density at radius 3 is 2.84 bits per heavy atom. The van der Waals surface area contributed by atoms with E-state index in [0.717, 1.165) is 38.8 Å². The quantitative estimate of drug-likeness (QED) is 0.678. The van der Waals surface area contributed by atoms with E-state index < -0.39 is 5.54 Å². The minimum absolute atomic E-state index is 0.203. The fourth-order valence-corrected chi connectivity index (χ4v) is 3.23. The second-order valence-electron chi connectivity index (χ2n) is 5.77. The molecule has 0 aromatic rings. The zero-order valence-electron chi connectivity index (χ0n) is 12.7. The average molecular weight is 271 g/mol. The molecule has 1 rings (SSSR count). The standard InChI is InChI=1S/C14H29N3O2/c1-11(19-4)10-17(3)9-7-12-6-5-8-14(12,16-2)13(15)18/h11-12,16H,5-10H2,1-4H3,(H2,15,18). The van der Waals surface area contributed by atoms with Crippen LogP contribution in [0.5, 0.6) is 0 Å². The highest BCUT2D eigenvalue weighted by molar-refractivity contribution is 5.85. The SMILES string of the molecule is CNC1(C(N)=O)CCCC1CCN(C)CC(C)OC. The molecule has 1 saturated carbocycles. The predicted molar refractivity (Wildman–Crippen MR) is 76.9 cm³/mol. The Morgan fingerprint density at radius 1 is 1.63 bits per heavy atom. The summed E-state index contributed by atoms with van der Waals surface area (Å²) < 4.78 is 5.26. The van der Waals surface area contributed by atoms with Crippen LogP contribution in [-0.2, 0) is 9.53 Å². The van der Waals surface area contributed by atoms with E-state index in [1.54, 1.807) is 7.11 Å². The van der Waals surface area contributed by atoms with Gasteiger partial charge in [0.05, 0.1) is 6.10 Å². The minimum Gasteiger partial charge on any atom is -0.380 e. The molecule has 0 saturated heterocycles. The lowest BCUT2D eigenvalue weighted by molar-refractivity contribution is -0.125. The number of likely N-dealkylation sites (N-methyl/N-ethyl adjacent to an activating group) is 2. The molecule has 0 spiro atoms. The summed E-state index contributed by atoms with van der Waals surface area (Å²) in [6.45, 7) is 3.94. The maximum atomic E-state index is 11.8. The zero-order chi connectivity index (χ0) is 14.5. The Labute approximate surface area is 116 Å². The Hall–Kier alpha value is -0.650. The highest BCUT2D eigenvalue weighted by atomic mass is 16.5. The van der Waals surface area contributed by atoms with Crippen LogP contribution in [-0.4, -0.2) is 56.7 Å². The molecule has 112 valence electrons. The van der Waals surface area contributed by atoms with Crippen LogP contribution in [0.25, 0.3) is 0 Å². The molecule has 3 unspecified atom stereocenters. The van der Waals surface area contributed by atoms with Gasteiger partial charge in [0.2, 0.25) is 5.91 Å². The van der Waals surface area contributed by atoms with Gasteiger partial charge in [0.1, 0.15) is 5.54 Å². The molecule has 3 N–H and O–H groups in total. The number of hydrogen-bond donors (Lipinski definition) is 2. The molecule has 0 aromatic heterocycles. The van der Waals surface area contributed by atoms with Gasteiger partial charge >= 0.3 is 0 Å². The van der Waals surface area contributed by atoms with E-state index >= 15 is 0 Å². The topological polar surface area (TPSA) is 67.6 Å². The number of nitrogens with zero attached hydrogens (tertiary/aromatic N) is 1. The first-order valence-electron chi connectivity index (χ1n) is 7.16. The van der Waals surface area contributed by atoms with Gasteiger partial charge in [-0.3, -0.25) is 4.79 Å². The van der Waals surface area contributed by atoms with E-state index in [4.69, 9.17) is 10.5 Å². The smallest absolute Gasteiger partial charge is 0.238 e. The molecule has 1 amide bonds. The van der Waals surface area contributed by atoms with Crippen molar-refractivity contribution in [2.24, 2.45) is 11.7 Å². The van der Waals surface area contributed by atoms with Gasteiger partial charge in [0.15, 0.2) is 0 Å². The number of hydrogen-bond acceptors (Lipinski definition) is 4. The third-order valence-corrected chi connectivity index (χ3v) is 4.54. The van der Waals surface area contributed by atoms with Crippen LogP contribution in [0.2, 0.25) is 0 Å². The fourth-order valence-electron chi connectivity index (χ4n) is 3.23. The van der Waals surface area contributed by atoms with Crippen LogP contribution in [0.1, 0.15) is 32.6 Å². The molecule has 3 atom stereocenters. The first-order valence-corrected chi connectivity index (χ1v) is 7.16. The van der Waals surface area contributed by atoms with Crippen molar-refractivity contribution < 1.29 is 9.53 Å². The molecular formula is C14H29N3O2. The summed E-state index contributed by atoms with van der Waals surface area (Å²) in [6, 6.07) is 0. The van der Waals surface area contributed by atoms with Crippen molar-refractivity contribution in [1.82, 2.24) is 10.2 Å². The Bertz CT molecular complexity index is 298. The molecule has 0 aromatic carbocycles. The summed E-state index contributed by atoms with van der Waals surface area (Å²) >= 11 is 0. The van der Waals surface area contributed by atoms with E-state index in [9.17, 15) is 4.79 Å². The summed E-state index contributed by atoms with van der Waals surface area (Å²) in [4.78, 5) is 14.0. The van der Waals surface area contributed by atoms with Gasteiger partial charge < -0.3 is 20.7 Å². The normalized spacial score (nSPS) is 28.8. The number of nitrogens with two attached hydrogens (primary N) is 1. The lowest BCUT2D eigenvalue weighted by Gasteiger charge is -2.33. The second kappa shape index (κ2) is 7.22. The van der Waals surface area contributed by atoms with Crippen molar-refractivity contribution in [2.75, 3.05) is 34.3 Å². The van der Waals surface area contributed by atoms with Gasteiger partial charge in [0.25, 0.3) is 0 Å². The zero-order valence-corrected chi connectivity index (χ0v) is 12.7. The molecule has 0 heterocycles. The van der Waals surface area contributed by atoms with Crippen molar-refractivity contribution in [3.63, 3.8) is 0 Å². The number of rotatable bonds is 8. The minimum atomic E-state index is -0.492. The highest BCUT2D eigenvalue weighted by Gasteiger charge is 2.46. The number of carbonyl (C=O) groups is 1. The van der Waals surface area contributed by atoms with Crippen LogP contribution in [0.4, 0.5) is 0 Å². The summed E-state index contributed by atoms with van der Waals surface area (Å²) in [5.74, 6) is 0.140. The number of ether oxygens (including phenoxy) is 1. The van der Waals surface area contributed by atoms with Crippen LogP contribution in [0, 0.1) is 5.92 Å². The van der Waals surface area contributed by atoms with Crippen molar-refractivity contribution in [3.05, 3.63) is 0 Å². The number of methoxy groups -OCH3 is 1. The van der Waals surface area contributed by atoms with Gasteiger partial charge in [-0.1, -0.05) is 6.42 Å². The van der Waals surface area contributed by atoms with Gasteiger partial charge in [0, 0.05) is 13.7 Å². The summed E-state index contributed by atoms with van der Waals surface area (Å²) in [7, 11) is 5.67. The van der Waals surface area contributed by atoms with Gasteiger partial charge in [-0.05, 0) is 52.7 Å².